The molecule has 1 aromatic carbocycles. The second-order valence-corrected chi connectivity index (χ2v) is 5.38. The van der Waals surface area contributed by atoms with E-state index in [4.69, 9.17) is 0 Å². The summed E-state index contributed by atoms with van der Waals surface area (Å²) in [4.78, 5) is 12.3. The van der Waals surface area contributed by atoms with E-state index in [-0.39, 0.29) is 17.5 Å². The number of benzene rings is 1. The molecule has 1 atom stereocenters. The molecular formula is C15H23N3O. The SMILES string of the molecule is CCC(C)(CC)NC(=O)C1CNc2ccccc2N1. The third-order valence-electron chi connectivity index (χ3n) is 4.06. The molecule has 0 aliphatic carbocycles. The highest BCUT2D eigenvalue weighted by molar-refractivity contribution is 5.89. The molecule has 0 saturated carbocycles. The first-order chi connectivity index (χ1) is 9.08. The maximum atomic E-state index is 12.3. The van der Waals surface area contributed by atoms with Gasteiger partial charge in [-0.05, 0) is 31.9 Å². The standard InChI is InChI=1S/C15H23N3O/c1-4-15(3,5-2)18-14(19)13-10-16-11-8-6-7-9-12(11)17-13/h6-9,13,16-17H,4-5,10H2,1-3H3,(H,18,19). The molecule has 0 aromatic heterocycles. The van der Waals surface area contributed by atoms with Crippen LogP contribution in [0.25, 0.3) is 0 Å². The smallest absolute Gasteiger partial charge is 0.244 e. The molecule has 4 nitrogen and oxygen atoms in total. The number of nitrogens with one attached hydrogen (secondary N) is 3. The first-order valence-electron chi connectivity index (χ1n) is 6.99. The minimum absolute atomic E-state index is 0.0632. The number of anilines is 2. The van der Waals surface area contributed by atoms with Crippen LogP contribution in [0.2, 0.25) is 0 Å². The second kappa shape index (κ2) is 5.51. The lowest BCUT2D eigenvalue weighted by molar-refractivity contribution is -0.123. The zero-order valence-electron chi connectivity index (χ0n) is 11.9. The van der Waals surface area contributed by atoms with E-state index in [0.717, 1.165) is 24.2 Å². The molecule has 3 N–H and O–H groups in total. The quantitative estimate of drug-likeness (QED) is 0.781. The molecule has 1 aliphatic heterocycles. The van der Waals surface area contributed by atoms with Crippen LogP contribution < -0.4 is 16.0 Å². The minimum Gasteiger partial charge on any atom is -0.381 e. The van der Waals surface area contributed by atoms with Gasteiger partial charge in [0.2, 0.25) is 5.91 Å². The molecule has 0 radical (unpaired) electrons. The van der Waals surface area contributed by atoms with Crippen molar-refractivity contribution >= 4 is 17.3 Å². The van der Waals surface area contributed by atoms with Crippen molar-refractivity contribution in [2.75, 3.05) is 17.2 Å². The molecule has 2 rings (SSSR count). The third kappa shape index (κ3) is 3.00. The predicted octanol–water partition coefficient (Wildman–Crippen LogP) is 2.59. The fourth-order valence-electron chi connectivity index (χ4n) is 2.18. The Kier molecular flexibility index (Phi) is 3.98. The topological polar surface area (TPSA) is 53.2 Å². The number of amides is 1. The van der Waals surface area contributed by atoms with Crippen molar-refractivity contribution in [1.82, 2.24) is 5.32 Å². The van der Waals surface area contributed by atoms with Crippen molar-refractivity contribution in [3.05, 3.63) is 24.3 Å². The molecule has 1 unspecified atom stereocenters. The van der Waals surface area contributed by atoms with Gasteiger partial charge in [0, 0.05) is 12.1 Å². The fraction of sp³-hybridized carbons (Fsp3) is 0.533. The number of carbonyl (C=O) groups is 1. The van der Waals surface area contributed by atoms with E-state index in [2.05, 4.69) is 36.7 Å². The molecule has 1 amide bonds. The maximum absolute atomic E-state index is 12.3. The third-order valence-corrected chi connectivity index (χ3v) is 4.06. The summed E-state index contributed by atoms with van der Waals surface area (Å²) in [6, 6.07) is 7.74. The number of rotatable bonds is 4. The van der Waals surface area contributed by atoms with Crippen LogP contribution in [0.15, 0.2) is 24.3 Å². The van der Waals surface area contributed by atoms with Gasteiger partial charge in [-0.1, -0.05) is 26.0 Å². The van der Waals surface area contributed by atoms with Crippen LogP contribution in [0.1, 0.15) is 33.6 Å². The molecule has 4 heteroatoms. The molecule has 1 aromatic rings. The van der Waals surface area contributed by atoms with Crippen LogP contribution in [0.3, 0.4) is 0 Å². The summed E-state index contributed by atoms with van der Waals surface area (Å²) in [5, 5.41) is 9.74. The van der Waals surface area contributed by atoms with Gasteiger partial charge in [0.05, 0.1) is 11.4 Å². The summed E-state index contributed by atoms with van der Waals surface area (Å²) in [6.07, 6.45) is 1.87. The van der Waals surface area contributed by atoms with Gasteiger partial charge in [-0.15, -0.1) is 0 Å². The van der Waals surface area contributed by atoms with E-state index in [1.807, 2.05) is 24.3 Å². The van der Waals surface area contributed by atoms with E-state index in [9.17, 15) is 4.79 Å². The molecule has 0 saturated heterocycles. The Morgan fingerprint density at radius 2 is 1.95 bits per heavy atom. The number of carbonyl (C=O) groups excluding carboxylic acids is 1. The molecular weight excluding hydrogens is 238 g/mol. The second-order valence-electron chi connectivity index (χ2n) is 5.38. The first kappa shape index (κ1) is 13.7. The van der Waals surface area contributed by atoms with Gasteiger partial charge in [0.25, 0.3) is 0 Å². The van der Waals surface area contributed by atoms with Crippen LogP contribution in [0, 0.1) is 0 Å². The lowest BCUT2D eigenvalue weighted by atomic mass is 9.95. The number of para-hydroxylation sites is 2. The Balaban J connectivity index is 2.03. The van der Waals surface area contributed by atoms with Crippen LogP contribution in [0.4, 0.5) is 11.4 Å². The Labute approximate surface area is 115 Å². The summed E-state index contributed by atoms with van der Waals surface area (Å²) < 4.78 is 0. The van der Waals surface area contributed by atoms with Crippen LogP contribution in [0.5, 0.6) is 0 Å². The highest BCUT2D eigenvalue weighted by Gasteiger charge is 2.28. The summed E-state index contributed by atoms with van der Waals surface area (Å²) >= 11 is 0. The molecule has 104 valence electrons. The summed E-state index contributed by atoms with van der Waals surface area (Å²) in [5.74, 6) is 0.0632. The number of hydrogen-bond acceptors (Lipinski definition) is 3. The van der Waals surface area contributed by atoms with E-state index < -0.39 is 0 Å². The zero-order chi connectivity index (χ0) is 13.9. The fourth-order valence-corrected chi connectivity index (χ4v) is 2.18. The molecule has 19 heavy (non-hydrogen) atoms. The minimum atomic E-state index is -0.215. The number of fused-ring (bicyclic) bond motifs is 1. The number of hydrogen-bond donors (Lipinski definition) is 3. The van der Waals surface area contributed by atoms with Crippen molar-refractivity contribution in [3.63, 3.8) is 0 Å². The van der Waals surface area contributed by atoms with Gasteiger partial charge in [-0.2, -0.15) is 0 Å². The van der Waals surface area contributed by atoms with E-state index in [1.54, 1.807) is 0 Å². The first-order valence-corrected chi connectivity index (χ1v) is 6.99. The van der Waals surface area contributed by atoms with Crippen molar-refractivity contribution in [2.45, 2.75) is 45.2 Å². The van der Waals surface area contributed by atoms with Crippen LogP contribution >= 0.6 is 0 Å². The highest BCUT2D eigenvalue weighted by atomic mass is 16.2. The van der Waals surface area contributed by atoms with Crippen molar-refractivity contribution in [1.29, 1.82) is 0 Å². The highest BCUT2D eigenvalue weighted by Crippen LogP contribution is 2.25. The van der Waals surface area contributed by atoms with Gasteiger partial charge in [-0.3, -0.25) is 4.79 Å². The van der Waals surface area contributed by atoms with Crippen molar-refractivity contribution in [3.8, 4) is 0 Å². The van der Waals surface area contributed by atoms with Gasteiger partial charge >= 0.3 is 0 Å². The summed E-state index contributed by atoms with van der Waals surface area (Å²) in [7, 11) is 0. The predicted molar refractivity (Wildman–Crippen MR) is 79.5 cm³/mol. The van der Waals surface area contributed by atoms with E-state index in [1.165, 1.54) is 0 Å². The van der Waals surface area contributed by atoms with Gasteiger partial charge < -0.3 is 16.0 Å². The van der Waals surface area contributed by atoms with Crippen LogP contribution in [-0.2, 0) is 4.79 Å². The molecule has 0 spiro atoms. The lowest BCUT2D eigenvalue weighted by Gasteiger charge is -2.33. The summed E-state index contributed by atoms with van der Waals surface area (Å²) in [5.41, 5.74) is 1.93. The Bertz CT molecular complexity index is 454. The molecule has 1 aliphatic rings. The molecule has 0 fully saturated rings. The Morgan fingerprint density at radius 3 is 2.58 bits per heavy atom. The normalized spacial score (nSPS) is 17.9. The lowest BCUT2D eigenvalue weighted by Crippen LogP contribution is -2.53. The van der Waals surface area contributed by atoms with Crippen molar-refractivity contribution in [2.24, 2.45) is 0 Å². The van der Waals surface area contributed by atoms with E-state index in [0.29, 0.717) is 6.54 Å². The Morgan fingerprint density at radius 1 is 1.32 bits per heavy atom. The average molecular weight is 261 g/mol. The molecule has 1 heterocycles. The molecule has 0 bridgehead atoms. The van der Waals surface area contributed by atoms with Crippen molar-refractivity contribution < 1.29 is 4.79 Å². The Hall–Kier alpha value is -1.71. The monoisotopic (exact) mass is 261 g/mol. The largest absolute Gasteiger partial charge is 0.381 e. The van der Waals surface area contributed by atoms with E-state index >= 15 is 0 Å². The zero-order valence-corrected chi connectivity index (χ0v) is 11.9. The maximum Gasteiger partial charge on any atom is 0.244 e. The average Bonchev–Trinajstić information content (AvgIpc) is 2.46. The summed E-state index contributed by atoms with van der Waals surface area (Å²) in [6.45, 7) is 6.92. The van der Waals surface area contributed by atoms with Crippen LogP contribution in [-0.4, -0.2) is 24.0 Å². The van der Waals surface area contributed by atoms with Gasteiger partial charge in [-0.25, -0.2) is 0 Å². The van der Waals surface area contributed by atoms with Gasteiger partial charge in [0.1, 0.15) is 6.04 Å². The van der Waals surface area contributed by atoms with Gasteiger partial charge in [0.15, 0.2) is 0 Å².